The van der Waals surface area contributed by atoms with Gasteiger partial charge in [-0.1, -0.05) is 49.0 Å². The molecule has 0 unspecified atom stereocenters. The van der Waals surface area contributed by atoms with E-state index < -0.39 is 0 Å². The van der Waals surface area contributed by atoms with Crippen LogP contribution in [0.25, 0.3) is 16.6 Å². The Balaban J connectivity index is 2.24. The van der Waals surface area contributed by atoms with Gasteiger partial charge in [0, 0.05) is 5.75 Å². The summed E-state index contributed by atoms with van der Waals surface area (Å²) in [6.07, 6.45) is 2.79. The molecular formula is C19H18N2OS. The Morgan fingerprint density at radius 2 is 1.91 bits per heavy atom. The maximum absolute atomic E-state index is 13.0. The zero-order valence-electron chi connectivity index (χ0n) is 13.0. The number of rotatable bonds is 5. The van der Waals surface area contributed by atoms with Gasteiger partial charge in [-0.15, -0.1) is 6.58 Å². The zero-order chi connectivity index (χ0) is 16.2. The Bertz CT molecular complexity index is 897. The van der Waals surface area contributed by atoms with Crippen LogP contribution in [0.2, 0.25) is 0 Å². The third-order valence-electron chi connectivity index (χ3n) is 3.68. The number of para-hydroxylation sites is 1. The van der Waals surface area contributed by atoms with E-state index >= 15 is 0 Å². The lowest BCUT2D eigenvalue weighted by Crippen LogP contribution is -2.21. The van der Waals surface area contributed by atoms with E-state index in [1.54, 1.807) is 4.57 Å². The number of nitrogens with zero attached hydrogens (tertiary/aromatic N) is 2. The summed E-state index contributed by atoms with van der Waals surface area (Å²) in [6, 6.07) is 15.5. The number of thioether (sulfide) groups is 1. The monoisotopic (exact) mass is 322 g/mol. The normalized spacial score (nSPS) is 10.8. The molecule has 0 fully saturated rings. The number of fused-ring (bicyclic) bond motifs is 1. The van der Waals surface area contributed by atoms with Gasteiger partial charge in [-0.05, 0) is 36.2 Å². The SMILES string of the molecule is C=CCSc1nc2ccccc2c(=O)n1-c1ccc(CC)cc1. The summed E-state index contributed by atoms with van der Waals surface area (Å²) in [5.74, 6) is 0.706. The molecule has 0 saturated carbocycles. The van der Waals surface area contributed by atoms with Crippen molar-refractivity contribution in [2.45, 2.75) is 18.5 Å². The van der Waals surface area contributed by atoms with Crippen molar-refractivity contribution in [2.75, 3.05) is 5.75 Å². The van der Waals surface area contributed by atoms with Crippen LogP contribution in [0.1, 0.15) is 12.5 Å². The van der Waals surface area contributed by atoms with E-state index in [-0.39, 0.29) is 5.56 Å². The van der Waals surface area contributed by atoms with Crippen molar-refractivity contribution in [3.63, 3.8) is 0 Å². The van der Waals surface area contributed by atoms with Gasteiger partial charge in [0.25, 0.3) is 5.56 Å². The molecule has 0 spiro atoms. The van der Waals surface area contributed by atoms with E-state index in [0.29, 0.717) is 16.3 Å². The van der Waals surface area contributed by atoms with Gasteiger partial charge in [0.05, 0.1) is 16.6 Å². The maximum Gasteiger partial charge on any atom is 0.266 e. The summed E-state index contributed by atoms with van der Waals surface area (Å²) in [5, 5.41) is 1.33. The molecule has 0 aliphatic carbocycles. The molecule has 0 radical (unpaired) electrons. The minimum Gasteiger partial charge on any atom is -0.268 e. The molecule has 0 saturated heterocycles. The molecule has 0 amide bonds. The van der Waals surface area contributed by atoms with Crippen LogP contribution < -0.4 is 5.56 Å². The first-order chi connectivity index (χ1) is 11.2. The predicted octanol–water partition coefficient (Wildman–Crippen LogP) is 4.23. The van der Waals surface area contributed by atoms with Crippen molar-refractivity contribution < 1.29 is 0 Å². The third-order valence-corrected chi connectivity index (χ3v) is 4.61. The largest absolute Gasteiger partial charge is 0.268 e. The van der Waals surface area contributed by atoms with E-state index in [4.69, 9.17) is 0 Å². The summed E-state index contributed by atoms with van der Waals surface area (Å²) in [6.45, 7) is 5.86. The van der Waals surface area contributed by atoms with Crippen molar-refractivity contribution in [3.05, 3.63) is 77.1 Å². The molecule has 0 bridgehead atoms. The van der Waals surface area contributed by atoms with E-state index in [2.05, 4.69) is 30.6 Å². The molecule has 3 aromatic rings. The highest BCUT2D eigenvalue weighted by atomic mass is 32.2. The first-order valence-electron chi connectivity index (χ1n) is 7.59. The molecular weight excluding hydrogens is 304 g/mol. The molecule has 4 heteroatoms. The smallest absolute Gasteiger partial charge is 0.266 e. The molecule has 0 N–H and O–H groups in total. The van der Waals surface area contributed by atoms with Gasteiger partial charge in [-0.25, -0.2) is 4.98 Å². The molecule has 1 heterocycles. The van der Waals surface area contributed by atoms with Gasteiger partial charge in [0.1, 0.15) is 0 Å². The summed E-state index contributed by atoms with van der Waals surface area (Å²) in [7, 11) is 0. The quantitative estimate of drug-likeness (QED) is 0.401. The first kappa shape index (κ1) is 15.6. The Morgan fingerprint density at radius 1 is 1.17 bits per heavy atom. The highest BCUT2D eigenvalue weighted by molar-refractivity contribution is 7.99. The Morgan fingerprint density at radius 3 is 2.61 bits per heavy atom. The van der Waals surface area contributed by atoms with Gasteiger partial charge >= 0.3 is 0 Å². The van der Waals surface area contributed by atoms with Crippen LogP contribution in [0.4, 0.5) is 0 Å². The number of hydrogen-bond donors (Lipinski definition) is 0. The first-order valence-corrected chi connectivity index (χ1v) is 8.58. The second-order valence-corrected chi connectivity index (χ2v) is 6.16. The minimum absolute atomic E-state index is 0.0357. The summed E-state index contributed by atoms with van der Waals surface area (Å²) in [4.78, 5) is 17.6. The summed E-state index contributed by atoms with van der Waals surface area (Å²) < 4.78 is 1.69. The second-order valence-electron chi connectivity index (χ2n) is 5.17. The van der Waals surface area contributed by atoms with Gasteiger partial charge in [0.15, 0.2) is 5.16 Å². The van der Waals surface area contributed by atoms with Crippen LogP contribution >= 0.6 is 11.8 Å². The maximum atomic E-state index is 13.0. The number of benzene rings is 2. The van der Waals surface area contributed by atoms with Crippen LogP contribution in [-0.2, 0) is 6.42 Å². The molecule has 0 aliphatic heterocycles. The average Bonchev–Trinajstić information content (AvgIpc) is 2.60. The van der Waals surface area contributed by atoms with Gasteiger partial charge in [-0.3, -0.25) is 9.36 Å². The fraction of sp³-hybridized carbons (Fsp3) is 0.158. The molecule has 2 aromatic carbocycles. The third kappa shape index (κ3) is 3.08. The molecule has 1 aromatic heterocycles. The van der Waals surface area contributed by atoms with Crippen LogP contribution in [0.5, 0.6) is 0 Å². The summed E-state index contributed by atoms with van der Waals surface area (Å²) in [5.41, 5.74) is 2.78. The highest BCUT2D eigenvalue weighted by Gasteiger charge is 2.12. The lowest BCUT2D eigenvalue weighted by molar-refractivity contribution is 0.820. The second kappa shape index (κ2) is 6.84. The highest BCUT2D eigenvalue weighted by Crippen LogP contribution is 2.21. The van der Waals surface area contributed by atoms with Gasteiger partial charge in [0.2, 0.25) is 0 Å². The molecule has 23 heavy (non-hydrogen) atoms. The van der Waals surface area contributed by atoms with E-state index in [9.17, 15) is 4.79 Å². The Hall–Kier alpha value is -2.33. The Labute approximate surface area is 139 Å². The Kier molecular flexibility index (Phi) is 4.63. The van der Waals surface area contributed by atoms with Crippen molar-refractivity contribution in [1.29, 1.82) is 0 Å². The van der Waals surface area contributed by atoms with Gasteiger partial charge < -0.3 is 0 Å². The predicted molar refractivity (Wildman–Crippen MR) is 97.6 cm³/mol. The lowest BCUT2D eigenvalue weighted by atomic mass is 10.1. The van der Waals surface area contributed by atoms with Gasteiger partial charge in [-0.2, -0.15) is 0 Å². The average molecular weight is 322 g/mol. The lowest BCUT2D eigenvalue weighted by Gasteiger charge is -2.13. The molecule has 0 aliphatic rings. The standard InChI is InChI=1S/C19H18N2OS/c1-3-13-23-19-20-17-8-6-5-7-16(17)18(22)21(19)15-11-9-14(4-2)10-12-15/h3,5-12H,1,4,13H2,2H3. The fourth-order valence-corrected chi connectivity index (χ4v) is 3.20. The van der Waals surface area contributed by atoms with E-state index in [1.165, 1.54) is 17.3 Å². The molecule has 3 nitrogen and oxygen atoms in total. The number of aromatic nitrogens is 2. The molecule has 3 rings (SSSR count). The molecule has 116 valence electrons. The fourth-order valence-electron chi connectivity index (χ4n) is 2.45. The van der Waals surface area contributed by atoms with Crippen molar-refractivity contribution in [1.82, 2.24) is 9.55 Å². The summed E-state index contributed by atoms with van der Waals surface area (Å²) >= 11 is 1.51. The number of hydrogen-bond acceptors (Lipinski definition) is 3. The minimum atomic E-state index is -0.0357. The zero-order valence-corrected chi connectivity index (χ0v) is 13.8. The van der Waals surface area contributed by atoms with Crippen LogP contribution in [0, 0.1) is 0 Å². The topological polar surface area (TPSA) is 34.9 Å². The van der Waals surface area contributed by atoms with Crippen molar-refractivity contribution in [3.8, 4) is 5.69 Å². The van der Waals surface area contributed by atoms with E-state index in [0.717, 1.165) is 17.6 Å². The van der Waals surface area contributed by atoms with Crippen LogP contribution in [0.3, 0.4) is 0 Å². The van der Waals surface area contributed by atoms with Crippen molar-refractivity contribution in [2.24, 2.45) is 0 Å². The van der Waals surface area contributed by atoms with Crippen LogP contribution in [-0.4, -0.2) is 15.3 Å². The number of aryl methyl sites for hydroxylation is 1. The van der Waals surface area contributed by atoms with Crippen molar-refractivity contribution >= 4 is 22.7 Å². The van der Waals surface area contributed by atoms with Crippen LogP contribution in [0.15, 0.2) is 71.1 Å². The molecule has 0 atom stereocenters. The van der Waals surface area contributed by atoms with E-state index in [1.807, 2.05) is 42.5 Å².